The Hall–Kier alpha value is -2.16. The fraction of sp³-hybridized carbons (Fsp3) is 0.133. The molecule has 2 aromatic carbocycles. The largest absolute Gasteiger partial charge is 0.311 e. The lowest BCUT2D eigenvalue weighted by Crippen LogP contribution is -2.27. The van der Waals surface area contributed by atoms with Gasteiger partial charge in [-0.05, 0) is 36.8 Å². The number of anilines is 1. The van der Waals surface area contributed by atoms with Gasteiger partial charge in [-0.25, -0.2) is 4.39 Å². The molecule has 0 radical (unpaired) electrons. The minimum Gasteiger partial charge on any atom is -0.311 e. The fourth-order valence-electron chi connectivity index (χ4n) is 1.77. The first-order valence-corrected chi connectivity index (χ1v) is 5.69. The van der Waals surface area contributed by atoms with Crippen molar-refractivity contribution in [3.05, 3.63) is 65.5 Å². The highest BCUT2D eigenvalue weighted by Crippen LogP contribution is 2.18. The Labute approximate surface area is 106 Å². The topological polar surface area (TPSA) is 20.3 Å². The van der Waals surface area contributed by atoms with Crippen LogP contribution in [0.15, 0.2) is 48.5 Å². The van der Waals surface area contributed by atoms with Gasteiger partial charge in [0.05, 0.1) is 5.56 Å². The molecule has 0 aliphatic carbocycles. The van der Waals surface area contributed by atoms with Crippen LogP contribution in [-0.4, -0.2) is 13.0 Å². The van der Waals surface area contributed by atoms with Gasteiger partial charge >= 0.3 is 0 Å². The molecule has 2 nitrogen and oxygen atoms in total. The van der Waals surface area contributed by atoms with Gasteiger partial charge in [0.1, 0.15) is 5.82 Å². The van der Waals surface area contributed by atoms with Gasteiger partial charge in [-0.15, -0.1) is 0 Å². The van der Waals surface area contributed by atoms with E-state index in [0.29, 0.717) is 0 Å². The maximum atomic E-state index is 13.5. The van der Waals surface area contributed by atoms with Gasteiger partial charge in [0.15, 0.2) is 0 Å². The number of halogens is 1. The van der Waals surface area contributed by atoms with Gasteiger partial charge in [0, 0.05) is 12.7 Å². The number of aryl methyl sites for hydroxylation is 1. The smallest absolute Gasteiger partial charge is 0.260 e. The van der Waals surface area contributed by atoms with Gasteiger partial charge in [-0.1, -0.05) is 24.3 Å². The third-order valence-corrected chi connectivity index (χ3v) is 2.80. The van der Waals surface area contributed by atoms with Gasteiger partial charge in [-0.3, -0.25) is 4.79 Å². The lowest BCUT2D eigenvalue weighted by Gasteiger charge is -2.18. The van der Waals surface area contributed by atoms with Crippen LogP contribution in [0, 0.1) is 12.7 Å². The molecule has 1 amide bonds. The molecule has 0 aliphatic rings. The Morgan fingerprint density at radius 2 is 1.83 bits per heavy atom. The van der Waals surface area contributed by atoms with E-state index in [-0.39, 0.29) is 11.5 Å². The van der Waals surface area contributed by atoms with Crippen LogP contribution in [0.4, 0.5) is 10.1 Å². The van der Waals surface area contributed by atoms with Crippen LogP contribution in [0.25, 0.3) is 0 Å². The summed E-state index contributed by atoms with van der Waals surface area (Å²) in [4.78, 5) is 13.6. The lowest BCUT2D eigenvalue weighted by atomic mass is 10.1. The zero-order valence-corrected chi connectivity index (χ0v) is 10.4. The predicted octanol–water partition coefficient (Wildman–Crippen LogP) is 3.41. The second-order valence-electron chi connectivity index (χ2n) is 4.18. The van der Waals surface area contributed by atoms with Gasteiger partial charge < -0.3 is 4.90 Å². The van der Waals surface area contributed by atoms with Crippen molar-refractivity contribution in [3.63, 3.8) is 0 Å². The van der Waals surface area contributed by atoms with E-state index in [2.05, 4.69) is 0 Å². The summed E-state index contributed by atoms with van der Waals surface area (Å²) in [6.07, 6.45) is 0. The minimum atomic E-state index is -0.498. The second kappa shape index (κ2) is 5.00. The normalized spacial score (nSPS) is 10.2. The molecule has 0 spiro atoms. The van der Waals surface area contributed by atoms with Crippen molar-refractivity contribution >= 4 is 11.6 Å². The summed E-state index contributed by atoms with van der Waals surface area (Å²) in [5.41, 5.74) is 1.89. The molecule has 2 rings (SSSR count). The quantitative estimate of drug-likeness (QED) is 0.791. The van der Waals surface area contributed by atoms with Crippen LogP contribution in [0.5, 0.6) is 0 Å². The van der Waals surface area contributed by atoms with Gasteiger partial charge in [0.25, 0.3) is 5.91 Å². The predicted molar refractivity (Wildman–Crippen MR) is 70.3 cm³/mol. The molecule has 18 heavy (non-hydrogen) atoms. The Bertz CT molecular complexity index is 580. The monoisotopic (exact) mass is 243 g/mol. The van der Waals surface area contributed by atoms with Crippen LogP contribution < -0.4 is 4.90 Å². The molecule has 0 heterocycles. The number of hydrogen-bond donors (Lipinski definition) is 0. The highest BCUT2D eigenvalue weighted by Gasteiger charge is 2.16. The lowest BCUT2D eigenvalue weighted by molar-refractivity contribution is 0.0989. The summed E-state index contributed by atoms with van der Waals surface area (Å²) in [7, 11) is 1.64. The number of benzene rings is 2. The minimum absolute atomic E-state index is 0.0847. The number of hydrogen-bond acceptors (Lipinski definition) is 1. The summed E-state index contributed by atoms with van der Waals surface area (Å²) in [6, 6.07) is 13.5. The maximum absolute atomic E-state index is 13.5. The standard InChI is InChI=1S/C15H14FNO/c1-11-6-5-7-12(10-11)17(2)15(18)13-8-3-4-9-14(13)16/h3-10H,1-2H3. The Kier molecular flexibility index (Phi) is 3.42. The molecule has 3 heteroatoms. The van der Waals surface area contributed by atoms with E-state index in [4.69, 9.17) is 0 Å². The van der Waals surface area contributed by atoms with E-state index in [1.54, 1.807) is 19.2 Å². The Morgan fingerprint density at radius 1 is 1.11 bits per heavy atom. The van der Waals surface area contributed by atoms with E-state index in [9.17, 15) is 9.18 Å². The third kappa shape index (κ3) is 2.40. The van der Waals surface area contributed by atoms with Crippen LogP contribution in [0.1, 0.15) is 15.9 Å². The van der Waals surface area contributed by atoms with E-state index in [1.165, 1.54) is 17.0 Å². The molecule has 0 fully saturated rings. The molecule has 0 N–H and O–H groups in total. The Balaban J connectivity index is 2.32. The average molecular weight is 243 g/mol. The van der Waals surface area contributed by atoms with Crippen LogP contribution in [-0.2, 0) is 0 Å². The van der Waals surface area contributed by atoms with Crippen molar-refractivity contribution < 1.29 is 9.18 Å². The summed E-state index contributed by atoms with van der Waals surface area (Å²) < 4.78 is 13.5. The van der Waals surface area contributed by atoms with E-state index < -0.39 is 5.82 Å². The average Bonchev–Trinajstić information content (AvgIpc) is 2.37. The molecule has 0 aliphatic heterocycles. The summed E-state index contributed by atoms with van der Waals surface area (Å²) in [5, 5.41) is 0. The van der Waals surface area contributed by atoms with E-state index >= 15 is 0 Å². The number of rotatable bonds is 2. The van der Waals surface area contributed by atoms with Crippen molar-refractivity contribution in [2.24, 2.45) is 0 Å². The van der Waals surface area contributed by atoms with Crippen LogP contribution in [0.2, 0.25) is 0 Å². The zero-order valence-electron chi connectivity index (χ0n) is 10.4. The highest BCUT2D eigenvalue weighted by molar-refractivity contribution is 6.05. The fourth-order valence-corrected chi connectivity index (χ4v) is 1.77. The maximum Gasteiger partial charge on any atom is 0.260 e. The Morgan fingerprint density at radius 3 is 2.50 bits per heavy atom. The second-order valence-corrected chi connectivity index (χ2v) is 4.18. The molecule has 0 saturated heterocycles. The molecule has 0 atom stereocenters. The highest BCUT2D eigenvalue weighted by atomic mass is 19.1. The van der Waals surface area contributed by atoms with Crippen molar-refractivity contribution in [1.82, 2.24) is 0 Å². The van der Waals surface area contributed by atoms with Crippen LogP contribution in [0.3, 0.4) is 0 Å². The summed E-state index contributed by atoms with van der Waals surface area (Å²) in [5.74, 6) is -0.847. The first kappa shape index (κ1) is 12.3. The van der Waals surface area contributed by atoms with Crippen molar-refractivity contribution in [3.8, 4) is 0 Å². The summed E-state index contributed by atoms with van der Waals surface area (Å²) in [6.45, 7) is 1.95. The van der Waals surface area contributed by atoms with Crippen molar-refractivity contribution in [2.75, 3.05) is 11.9 Å². The van der Waals surface area contributed by atoms with Crippen LogP contribution >= 0.6 is 0 Å². The molecule has 0 aromatic heterocycles. The number of carbonyl (C=O) groups excluding carboxylic acids is 1. The summed E-state index contributed by atoms with van der Waals surface area (Å²) >= 11 is 0. The first-order valence-electron chi connectivity index (χ1n) is 5.69. The van der Waals surface area contributed by atoms with E-state index in [0.717, 1.165) is 11.3 Å². The molecule has 2 aromatic rings. The van der Waals surface area contributed by atoms with Crippen molar-refractivity contribution in [2.45, 2.75) is 6.92 Å². The third-order valence-electron chi connectivity index (χ3n) is 2.80. The number of nitrogens with zero attached hydrogens (tertiary/aromatic N) is 1. The molecule has 0 unspecified atom stereocenters. The van der Waals surface area contributed by atoms with Gasteiger partial charge in [0.2, 0.25) is 0 Å². The SMILES string of the molecule is Cc1cccc(N(C)C(=O)c2ccccc2F)c1. The van der Waals surface area contributed by atoms with Gasteiger partial charge in [-0.2, -0.15) is 0 Å². The molecular weight excluding hydrogens is 229 g/mol. The number of carbonyl (C=O) groups is 1. The van der Waals surface area contributed by atoms with E-state index in [1.807, 2.05) is 31.2 Å². The zero-order chi connectivity index (χ0) is 13.1. The molecular formula is C15H14FNO. The molecule has 92 valence electrons. The molecule has 0 bridgehead atoms. The molecule has 0 saturated carbocycles. The number of amides is 1. The van der Waals surface area contributed by atoms with Crippen molar-refractivity contribution in [1.29, 1.82) is 0 Å². The first-order chi connectivity index (χ1) is 8.59.